The van der Waals surface area contributed by atoms with Crippen molar-refractivity contribution >= 4 is 17.8 Å². The summed E-state index contributed by atoms with van der Waals surface area (Å²) in [6.45, 7) is 2.64. The summed E-state index contributed by atoms with van der Waals surface area (Å²) in [6, 6.07) is 0.219. The van der Waals surface area contributed by atoms with Crippen LogP contribution in [0.5, 0.6) is 0 Å². The van der Waals surface area contributed by atoms with E-state index in [1.807, 2.05) is 29.6 Å². The summed E-state index contributed by atoms with van der Waals surface area (Å²) in [5, 5.41) is 6.58. The second-order valence-corrected chi connectivity index (χ2v) is 6.68. The minimum Gasteiger partial charge on any atom is -0.337 e. The Labute approximate surface area is 124 Å². The van der Waals surface area contributed by atoms with Gasteiger partial charge in [-0.2, -0.15) is 11.8 Å². The first kappa shape index (κ1) is 15.2. The highest BCUT2D eigenvalue weighted by Gasteiger charge is 2.26. The third-order valence-electron chi connectivity index (χ3n) is 3.73. The molecular formula is C14H24N4OS. The van der Waals surface area contributed by atoms with E-state index in [0.717, 1.165) is 18.0 Å². The number of carbonyl (C=O) groups is 1. The molecule has 2 atom stereocenters. The SMILES string of the molecule is CCS[C@@H]1CCCC[C@@H]1NC(=O)NCc1nccn1C. The Morgan fingerprint density at radius 2 is 2.30 bits per heavy atom. The molecule has 1 aromatic heterocycles. The number of hydrogen-bond donors (Lipinski definition) is 2. The van der Waals surface area contributed by atoms with E-state index in [4.69, 9.17) is 0 Å². The van der Waals surface area contributed by atoms with Crippen LogP contribution in [-0.4, -0.2) is 32.6 Å². The molecule has 0 aliphatic heterocycles. The van der Waals surface area contributed by atoms with Crippen LogP contribution in [0.25, 0.3) is 0 Å². The molecule has 0 radical (unpaired) electrons. The maximum absolute atomic E-state index is 12.0. The van der Waals surface area contributed by atoms with Crippen molar-refractivity contribution in [3.05, 3.63) is 18.2 Å². The molecule has 5 nitrogen and oxygen atoms in total. The first-order valence-corrected chi connectivity index (χ1v) is 8.37. The average Bonchev–Trinajstić information content (AvgIpc) is 2.84. The Balaban J connectivity index is 1.79. The highest BCUT2D eigenvalue weighted by atomic mass is 32.2. The number of carbonyl (C=O) groups excluding carboxylic acids is 1. The summed E-state index contributed by atoms with van der Waals surface area (Å²) in [5.41, 5.74) is 0. The fraction of sp³-hybridized carbons (Fsp3) is 0.714. The minimum absolute atomic E-state index is 0.0818. The zero-order chi connectivity index (χ0) is 14.4. The van der Waals surface area contributed by atoms with E-state index >= 15 is 0 Å². The van der Waals surface area contributed by atoms with E-state index in [0.29, 0.717) is 17.8 Å². The second-order valence-electron chi connectivity index (χ2n) is 5.17. The molecule has 1 aliphatic carbocycles. The van der Waals surface area contributed by atoms with Gasteiger partial charge in [-0.05, 0) is 18.6 Å². The Kier molecular flexibility index (Phi) is 5.76. The third kappa shape index (κ3) is 4.16. The molecule has 1 fully saturated rings. The summed E-state index contributed by atoms with van der Waals surface area (Å²) in [5.74, 6) is 1.97. The lowest BCUT2D eigenvalue weighted by Gasteiger charge is -2.31. The molecule has 2 rings (SSSR count). The minimum atomic E-state index is -0.0818. The normalized spacial score (nSPS) is 22.5. The highest BCUT2D eigenvalue weighted by Crippen LogP contribution is 2.28. The molecule has 20 heavy (non-hydrogen) atoms. The van der Waals surface area contributed by atoms with E-state index in [1.54, 1.807) is 6.20 Å². The van der Waals surface area contributed by atoms with Crippen LogP contribution < -0.4 is 10.6 Å². The number of hydrogen-bond acceptors (Lipinski definition) is 3. The van der Waals surface area contributed by atoms with Gasteiger partial charge in [0.2, 0.25) is 0 Å². The molecule has 1 aromatic rings. The largest absolute Gasteiger partial charge is 0.337 e. The van der Waals surface area contributed by atoms with Crippen LogP contribution in [0.3, 0.4) is 0 Å². The topological polar surface area (TPSA) is 59.0 Å². The molecule has 1 heterocycles. The number of aryl methyl sites for hydroxylation is 1. The van der Waals surface area contributed by atoms with Gasteiger partial charge in [-0.3, -0.25) is 0 Å². The van der Waals surface area contributed by atoms with Gasteiger partial charge in [0, 0.05) is 30.7 Å². The molecule has 2 N–H and O–H groups in total. The lowest BCUT2D eigenvalue weighted by molar-refractivity contribution is 0.232. The molecule has 0 aromatic carbocycles. The Morgan fingerprint density at radius 1 is 1.50 bits per heavy atom. The molecule has 0 spiro atoms. The van der Waals surface area contributed by atoms with Crippen LogP contribution in [0.2, 0.25) is 0 Å². The molecule has 0 bridgehead atoms. The molecular weight excluding hydrogens is 272 g/mol. The summed E-state index contributed by atoms with van der Waals surface area (Å²) < 4.78 is 1.91. The number of imidazole rings is 1. The zero-order valence-electron chi connectivity index (χ0n) is 12.3. The predicted molar refractivity (Wildman–Crippen MR) is 82.8 cm³/mol. The summed E-state index contributed by atoms with van der Waals surface area (Å²) in [7, 11) is 1.93. The van der Waals surface area contributed by atoms with Crippen molar-refractivity contribution in [2.75, 3.05) is 5.75 Å². The maximum Gasteiger partial charge on any atom is 0.315 e. The lowest BCUT2D eigenvalue weighted by Crippen LogP contribution is -2.48. The van der Waals surface area contributed by atoms with Gasteiger partial charge in [0.25, 0.3) is 0 Å². The molecule has 0 unspecified atom stereocenters. The van der Waals surface area contributed by atoms with Crippen molar-refractivity contribution in [3.8, 4) is 0 Å². The highest BCUT2D eigenvalue weighted by molar-refractivity contribution is 7.99. The number of amides is 2. The molecule has 6 heteroatoms. The molecule has 2 amide bonds. The average molecular weight is 296 g/mol. The van der Waals surface area contributed by atoms with Crippen molar-refractivity contribution in [2.45, 2.75) is 50.4 Å². The van der Waals surface area contributed by atoms with Gasteiger partial charge in [-0.25, -0.2) is 9.78 Å². The van der Waals surface area contributed by atoms with Gasteiger partial charge < -0.3 is 15.2 Å². The maximum atomic E-state index is 12.0. The number of thioether (sulfide) groups is 1. The second kappa shape index (κ2) is 7.57. The Morgan fingerprint density at radius 3 is 3.00 bits per heavy atom. The van der Waals surface area contributed by atoms with Crippen LogP contribution in [0.15, 0.2) is 12.4 Å². The first-order valence-electron chi connectivity index (χ1n) is 7.33. The van der Waals surface area contributed by atoms with Crippen LogP contribution >= 0.6 is 11.8 Å². The fourth-order valence-electron chi connectivity index (χ4n) is 2.62. The van der Waals surface area contributed by atoms with E-state index in [9.17, 15) is 4.79 Å². The predicted octanol–water partition coefficient (Wildman–Crippen LogP) is 2.28. The van der Waals surface area contributed by atoms with Crippen molar-refractivity contribution in [1.29, 1.82) is 0 Å². The van der Waals surface area contributed by atoms with Crippen molar-refractivity contribution in [2.24, 2.45) is 7.05 Å². The number of rotatable bonds is 5. The standard InChI is InChI=1S/C14H24N4OS/c1-3-20-12-7-5-4-6-11(12)17-14(19)16-10-13-15-8-9-18(13)2/h8-9,11-12H,3-7,10H2,1-2H3,(H2,16,17,19)/t11-,12+/m0/s1. The monoisotopic (exact) mass is 296 g/mol. The van der Waals surface area contributed by atoms with Crippen LogP contribution in [0, 0.1) is 0 Å². The van der Waals surface area contributed by atoms with Gasteiger partial charge in [0.15, 0.2) is 0 Å². The van der Waals surface area contributed by atoms with Gasteiger partial charge in [-0.15, -0.1) is 0 Å². The summed E-state index contributed by atoms with van der Waals surface area (Å²) >= 11 is 1.96. The van der Waals surface area contributed by atoms with Gasteiger partial charge >= 0.3 is 6.03 Å². The van der Waals surface area contributed by atoms with Crippen LogP contribution in [-0.2, 0) is 13.6 Å². The number of nitrogens with one attached hydrogen (secondary N) is 2. The first-order chi connectivity index (χ1) is 9.70. The third-order valence-corrected chi connectivity index (χ3v) is 5.05. The number of urea groups is 1. The van der Waals surface area contributed by atoms with E-state index in [-0.39, 0.29) is 6.03 Å². The Bertz CT molecular complexity index is 433. The van der Waals surface area contributed by atoms with E-state index in [1.165, 1.54) is 19.3 Å². The van der Waals surface area contributed by atoms with E-state index in [2.05, 4.69) is 22.5 Å². The van der Waals surface area contributed by atoms with Crippen molar-refractivity contribution in [3.63, 3.8) is 0 Å². The van der Waals surface area contributed by atoms with Crippen LogP contribution in [0.4, 0.5) is 4.79 Å². The summed E-state index contributed by atoms with van der Waals surface area (Å²) in [6.07, 6.45) is 8.42. The fourth-order valence-corrected chi connectivity index (χ4v) is 3.82. The van der Waals surface area contributed by atoms with E-state index < -0.39 is 0 Å². The number of nitrogens with zero attached hydrogens (tertiary/aromatic N) is 2. The van der Waals surface area contributed by atoms with Gasteiger partial charge in [0.05, 0.1) is 6.54 Å². The van der Waals surface area contributed by atoms with Crippen molar-refractivity contribution < 1.29 is 4.79 Å². The van der Waals surface area contributed by atoms with Crippen molar-refractivity contribution in [1.82, 2.24) is 20.2 Å². The number of aromatic nitrogens is 2. The van der Waals surface area contributed by atoms with Gasteiger partial charge in [-0.1, -0.05) is 19.8 Å². The molecule has 1 saturated carbocycles. The summed E-state index contributed by atoms with van der Waals surface area (Å²) in [4.78, 5) is 16.2. The smallest absolute Gasteiger partial charge is 0.315 e. The molecule has 112 valence electrons. The van der Waals surface area contributed by atoms with Gasteiger partial charge in [0.1, 0.15) is 5.82 Å². The molecule has 0 saturated heterocycles. The lowest BCUT2D eigenvalue weighted by atomic mass is 9.95. The zero-order valence-corrected chi connectivity index (χ0v) is 13.1. The quantitative estimate of drug-likeness (QED) is 0.876. The van der Waals surface area contributed by atoms with Crippen LogP contribution in [0.1, 0.15) is 38.4 Å². The Hall–Kier alpha value is -1.17. The molecule has 1 aliphatic rings.